The van der Waals surface area contributed by atoms with Gasteiger partial charge in [0.15, 0.2) is 11.6 Å². The molecule has 2 fully saturated rings. The predicted octanol–water partition coefficient (Wildman–Crippen LogP) is 7.06. The van der Waals surface area contributed by atoms with Gasteiger partial charge in [-0.25, -0.2) is 14.1 Å². The van der Waals surface area contributed by atoms with E-state index in [1.165, 1.54) is 29.1 Å². The zero-order valence-electron chi connectivity index (χ0n) is 25.0. The van der Waals surface area contributed by atoms with Crippen molar-refractivity contribution in [2.75, 3.05) is 13.1 Å². The molecule has 0 spiro atoms. The van der Waals surface area contributed by atoms with Crippen molar-refractivity contribution in [2.45, 2.75) is 51.2 Å². The topological polar surface area (TPSA) is 77.5 Å². The van der Waals surface area contributed by atoms with E-state index in [4.69, 9.17) is 4.98 Å². The Balaban J connectivity index is 1.28. The summed E-state index contributed by atoms with van der Waals surface area (Å²) in [7, 11) is 1.79. The molecule has 2 aliphatic rings. The van der Waals surface area contributed by atoms with E-state index in [0.717, 1.165) is 61.7 Å². The zero-order valence-corrected chi connectivity index (χ0v) is 25.0. The number of aryl methyl sites for hydroxylation is 1. The van der Waals surface area contributed by atoms with Crippen LogP contribution in [0.25, 0.3) is 39.6 Å². The van der Waals surface area contributed by atoms with E-state index < -0.39 is 17.6 Å². The summed E-state index contributed by atoms with van der Waals surface area (Å²) in [5.41, 5.74) is 2.78. The fraction of sp³-hybridized carbons (Fsp3) is 0.364. The lowest BCUT2D eigenvalue weighted by atomic mass is 9.98. The van der Waals surface area contributed by atoms with Gasteiger partial charge in [-0.15, -0.1) is 10.2 Å². The standard InChI is InChI=1S/C33H32F4N8/c1-20-4-3-11-44(16-20)18-25-8-10-28(33(35,36)37)31(40-25)23-15-39-45(17-23)30-13-22(12-29(41-30)21-5-6-21)26-9-7-24(34)14-27(26)32-42-38-19-43(32)2/h7-10,12-15,17,19-21H,3-6,11,16,18H2,1-2H3/t20-/m1/s1. The second-order valence-electron chi connectivity index (χ2n) is 12.2. The Bertz CT molecular complexity index is 1860. The molecule has 232 valence electrons. The van der Waals surface area contributed by atoms with Crippen molar-refractivity contribution in [3.05, 3.63) is 84.0 Å². The molecule has 5 heterocycles. The van der Waals surface area contributed by atoms with Gasteiger partial charge in [-0.3, -0.25) is 9.88 Å². The first-order valence-corrected chi connectivity index (χ1v) is 15.1. The first-order chi connectivity index (χ1) is 21.6. The number of hydrogen-bond acceptors (Lipinski definition) is 6. The second kappa shape index (κ2) is 11.5. The molecule has 1 aliphatic heterocycles. The van der Waals surface area contributed by atoms with Crippen LogP contribution in [0.15, 0.2) is 61.2 Å². The summed E-state index contributed by atoms with van der Waals surface area (Å²) in [5, 5.41) is 12.6. The lowest BCUT2D eigenvalue weighted by Crippen LogP contribution is -2.34. The largest absolute Gasteiger partial charge is 0.418 e. The zero-order chi connectivity index (χ0) is 31.3. The van der Waals surface area contributed by atoms with E-state index in [1.807, 2.05) is 12.1 Å². The van der Waals surface area contributed by atoms with Crippen LogP contribution in [-0.2, 0) is 19.8 Å². The highest BCUT2D eigenvalue weighted by Crippen LogP contribution is 2.42. The molecule has 8 nitrogen and oxygen atoms in total. The molecule has 0 amide bonds. The number of pyridine rings is 2. The summed E-state index contributed by atoms with van der Waals surface area (Å²) >= 11 is 0. The Morgan fingerprint density at radius 1 is 0.956 bits per heavy atom. The van der Waals surface area contributed by atoms with Crippen LogP contribution >= 0.6 is 0 Å². The van der Waals surface area contributed by atoms with Crippen molar-refractivity contribution >= 4 is 0 Å². The fourth-order valence-corrected chi connectivity index (χ4v) is 6.14. The lowest BCUT2D eigenvalue weighted by molar-refractivity contribution is -0.137. The highest BCUT2D eigenvalue weighted by atomic mass is 19.4. The summed E-state index contributed by atoms with van der Waals surface area (Å²) in [6.07, 6.45) is 4.10. The van der Waals surface area contributed by atoms with Crippen molar-refractivity contribution in [1.29, 1.82) is 0 Å². The van der Waals surface area contributed by atoms with Gasteiger partial charge in [-0.2, -0.15) is 18.3 Å². The van der Waals surface area contributed by atoms with Gasteiger partial charge in [0.25, 0.3) is 0 Å². The first kappa shape index (κ1) is 29.3. The molecule has 1 saturated carbocycles. The van der Waals surface area contributed by atoms with E-state index in [-0.39, 0.29) is 17.2 Å². The van der Waals surface area contributed by atoms with Gasteiger partial charge in [0.2, 0.25) is 0 Å². The van der Waals surface area contributed by atoms with Crippen LogP contribution in [-0.4, -0.2) is 52.5 Å². The van der Waals surface area contributed by atoms with Crippen LogP contribution in [0.5, 0.6) is 0 Å². The number of benzene rings is 1. The SMILES string of the molecule is C[C@@H]1CCCN(Cc2ccc(C(F)(F)F)c(-c3cnn(-c4cc(-c5ccc(F)cc5-c5nncn5C)cc(C5CC5)n4)c3)n2)C1. The molecule has 5 aromatic rings. The maximum atomic E-state index is 14.4. The molecule has 4 aromatic heterocycles. The number of aromatic nitrogens is 7. The number of rotatable bonds is 7. The quantitative estimate of drug-likeness (QED) is 0.182. The minimum absolute atomic E-state index is 0.155. The van der Waals surface area contributed by atoms with Crippen molar-refractivity contribution in [1.82, 2.24) is 39.4 Å². The van der Waals surface area contributed by atoms with Crippen LogP contribution < -0.4 is 0 Å². The van der Waals surface area contributed by atoms with Crippen LogP contribution in [0.4, 0.5) is 17.6 Å². The minimum Gasteiger partial charge on any atom is -0.317 e. The van der Waals surface area contributed by atoms with E-state index in [9.17, 15) is 17.6 Å². The maximum Gasteiger partial charge on any atom is 0.418 e. The third-order valence-corrected chi connectivity index (χ3v) is 8.55. The lowest BCUT2D eigenvalue weighted by Gasteiger charge is -2.30. The smallest absolute Gasteiger partial charge is 0.317 e. The van der Waals surface area contributed by atoms with Crippen LogP contribution in [0.2, 0.25) is 0 Å². The van der Waals surface area contributed by atoms with Crippen molar-refractivity contribution < 1.29 is 17.6 Å². The number of piperidine rings is 1. The third kappa shape index (κ3) is 6.11. The maximum absolute atomic E-state index is 14.4. The highest BCUT2D eigenvalue weighted by molar-refractivity contribution is 5.81. The van der Waals surface area contributed by atoms with Gasteiger partial charge in [0, 0.05) is 49.1 Å². The Hall–Kier alpha value is -4.45. The summed E-state index contributed by atoms with van der Waals surface area (Å²) in [4.78, 5) is 11.6. The fourth-order valence-electron chi connectivity index (χ4n) is 6.14. The van der Waals surface area contributed by atoms with Crippen molar-refractivity contribution in [3.8, 4) is 39.6 Å². The van der Waals surface area contributed by atoms with Gasteiger partial charge < -0.3 is 4.57 Å². The normalized spacial score (nSPS) is 17.6. The van der Waals surface area contributed by atoms with Gasteiger partial charge in [-0.1, -0.05) is 13.0 Å². The molecule has 0 bridgehead atoms. The Kier molecular flexibility index (Phi) is 7.47. The molecule has 7 rings (SSSR count). The highest BCUT2D eigenvalue weighted by Gasteiger charge is 2.35. The first-order valence-electron chi connectivity index (χ1n) is 15.1. The molecule has 45 heavy (non-hydrogen) atoms. The molecule has 12 heteroatoms. The minimum atomic E-state index is -4.58. The van der Waals surface area contributed by atoms with Gasteiger partial charge in [-0.05, 0) is 85.7 Å². The number of likely N-dealkylation sites (tertiary alicyclic amines) is 1. The van der Waals surface area contributed by atoms with Crippen LogP contribution in [0, 0.1) is 11.7 Å². The van der Waals surface area contributed by atoms with Crippen LogP contribution in [0.3, 0.4) is 0 Å². The van der Waals surface area contributed by atoms with Gasteiger partial charge >= 0.3 is 6.18 Å². The summed E-state index contributed by atoms with van der Waals surface area (Å²) < 4.78 is 60.2. The van der Waals surface area contributed by atoms with Gasteiger partial charge in [0.05, 0.1) is 23.1 Å². The molecule has 0 unspecified atom stereocenters. The van der Waals surface area contributed by atoms with E-state index >= 15 is 0 Å². The molecular formula is C33H32F4N8. The Labute approximate surface area is 257 Å². The third-order valence-electron chi connectivity index (χ3n) is 8.55. The summed E-state index contributed by atoms with van der Waals surface area (Å²) in [6, 6.07) is 10.9. The molecule has 0 N–H and O–H groups in total. The molecule has 1 saturated heterocycles. The average Bonchev–Trinajstić information content (AvgIpc) is 3.58. The number of nitrogens with zero attached hydrogens (tertiary/aromatic N) is 8. The molecule has 1 atom stereocenters. The summed E-state index contributed by atoms with van der Waals surface area (Å²) in [5.74, 6) is 1.35. The monoisotopic (exact) mass is 616 g/mol. The van der Waals surface area contributed by atoms with E-state index in [0.29, 0.717) is 35.4 Å². The average molecular weight is 617 g/mol. The molecule has 1 aliphatic carbocycles. The molecule has 0 radical (unpaired) electrons. The van der Waals surface area contributed by atoms with E-state index in [2.05, 4.69) is 32.1 Å². The Morgan fingerprint density at radius 2 is 1.80 bits per heavy atom. The predicted molar refractivity (Wildman–Crippen MR) is 161 cm³/mol. The van der Waals surface area contributed by atoms with Crippen molar-refractivity contribution in [3.63, 3.8) is 0 Å². The van der Waals surface area contributed by atoms with E-state index in [1.54, 1.807) is 30.2 Å². The van der Waals surface area contributed by atoms with Gasteiger partial charge in [0.1, 0.15) is 12.1 Å². The second-order valence-corrected chi connectivity index (χ2v) is 12.2. The number of halogens is 4. The molecule has 1 aromatic carbocycles. The summed E-state index contributed by atoms with van der Waals surface area (Å²) in [6.45, 7) is 4.48. The number of hydrogen-bond donors (Lipinski definition) is 0. The van der Waals surface area contributed by atoms with Crippen LogP contribution in [0.1, 0.15) is 55.5 Å². The Morgan fingerprint density at radius 3 is 2.53 bits per heavy atom. The number of alkyl halides is 3. The van der Waals surface area contributed by atoms with Crippen molar-refractivity contribution in [2.24, 2.45) is 13.0 Å². The molecular weight excluding hydrogens is 584 g/mol.